The van der Waals surface area contributed by atoms with Crippen molar-refractivity contribution in [2.45, 2.75) is 33.0 Å². The van der Waals surface area contributed by atoms with Gasteiger partial charge in [0, 0.05) is 17.0 Å². The molecule has 170 valence electrons. The monoisotopic (exact) mass is 467 g/mol. The van der Waals surface area contributed by atoms with Crippen molar-refractivity contribution in [2.75, 3.05) is 5.32 Å². The molecule has 0 unspecified atom stereocenters. The summed E-state index contributed by atoms with van der Waals surface area (Å²) in [5.41, 5.74) is 4.53. The first kappa shape index (κ1) is 24.9. The molecule has 0 bridgehead atoms. The van der Waals surface area contributed by atoms with Gasteiger partial charge in [0.15, 0.2) is 0 Å². The molecule has 1 atom stereocenters. The lowest BCUT2D eigenvalue weighted by molar-refractivity contribution is -0.137. The number of amides is 2. The van der Waals surface area contributed by atoms with Crippen molar-refractivity contribution < 1.29 is 22.8 Å². The van der Waals surface area contributed by atoms with Gasteiger partial charge < -0.3 is 15.6 Å². The molecule has 3 aromatic rings. The molecule has 1 aromatic heterocycles. The summed E-state index contributed by atoms with van der Waals surface area (Å²) >= 11 is 6.20. The molecule has 0 aliphatic rings. The average Bonchev–Trinajstić information content (AvgIpc) is 2.69. The number of fused-ring (bicyclic) bond motifs is 1. The lowest BCUT2D eigenvalue weighted by atomic mass is 10.1. The predicted octanol–water partition coefficient (Wildman–Crippen LogP) is 4.54. The van der Waals surface area contributed by atoms with E-state index in [9.17, 15) is 27.6 Å². The molecule has 0 saturated heterocycles. The van der Waals surface area contributed by atoms with Crippen molar-refractivity contribution in [3.05, 3.63) is 75.2 Å². The molecular weight excluding hydrogens is 447 g/mol. The van der Waals surface area contributed by atoms with E-state index in [4.69, 9.17) is 17.3 Å². The molecule has 0 aliphatic heterocycles. The number of carbonyl (C=O) groups is 2. The first-order valence-corrected chi connectivity index (χ1v) is 9.45. The van der Waals surface area contributed by atoms with Crippen LogP contribution in [0.15, 0.2) is 53.5 Å². The zero-order chi connectivity index (χ0) is 22.9. The van der Waals surface area contributed by atoms with Crippen LogP contribution in [0.4, 0.5) is 18.9 Å². The number of rotatable bonds is 5. The Labute approximate surface area is 186 Å². The molecule has 6 nitrogen and oxygen atoms in total. The lowest BCUT2D eigenvalue weighted by Gasteiger charge is -2.15. The van der Waals surface area contributed by atoms with Crippen molar-refractivity contribution in [1.82, 2.24) is 4.57 Å². The molecule has 2 aromatic carbocycles. The summed E-state index contributed by atoms with van der Waals surface area (Å²) in [7, 11) is 0. The van der Waals surface area contributed by atoms with Gasteiger partial charge in [-0.3, -0.25) is 14.4 Å². The van der Waals surface area contributed by atoms with Crippen LogP contribution in [0.1, 0.15) is 31.5 Å². The minimum Gasteiger partial charge on any atom is -0.368 e. The number of nitrogens with two attached hydrogens (primary N) is 1. The molecule has 10 heteroatoms. The number of hydrogen-bond donors (Lipinski definition) is 2. The molecule has 0 spiro atoms. The molecule has 3 N–H and O–H groups in total. The van der Waals surface area contributed by atoms with Crippen LogP contribution < -0.4 is 16.6 Å². The minimum atomic E-state index is -4.46. The average molecular weight is 468 g/mol. The van der Waals surface area contributed by atoms with Crippen LogP contribution >= 0.6 is 11.6 Å². The summed E-state index contributed by atoms with van der Waals surface area (Å²) < 4.78 is 39.2. The molecule has 32 heavy (non-hydrogen) atoms. The van der Waals surface area contributed by atoms with Gasteiger partial charge in [-0.25, -0.2) is 0 Å². The first-order chi connectivity index (χ1) is 14.5. The highest BCUT2D eigenvalue weighted by atomic mass is 35.5. The van der Waals surface area contributed by atoms with E-state index >= 15 is 0 Å². The number of benzene rings is 2. The van der Waals surface area contributed by atoms with Crippen LogP contribution in [0.5, 0.6) is 0 Å². The fourth-order valence-electron chi connectivity index (χ4n) is 3.06. The zero-order valence-electron chi connectivity index (χ0n) is 16.2. The molecule has 0 saturated carbocycles. The number of alkyl halides is 3. The van der Waals surface area contributed by atoms with Crippen molar-refractivity contribution in [1.29, 1.82) is 0 Å². The number of carbonyl (C=O) groups excluding carboxylic acids is 2. The van der Waals surface area contributed by atoms with E-state index in [1.165, 1.54) is 48.0 Å². The normalized spacial score (nSPS) is 12.2. The first-order valence-electron chi connectivity index (χ1n) is 9.07. The van der Waals surface area contributed by atoms with Crippen LogP contribution in [-0.4, -0.2) is 16.4 Å². The lowest BCUT2D eigenvalue weighted by Crippen LogP contribution is -2.31. The Morgan fingerprint density at radius 1 is 1.09 bits per heavy atom. The largest absolute Gasteiger partial charge is 0.416 e. The van der Waals surface area contributed by atoms with E-state index in [1.54, 1.807) is 0 Å². The van der Waals surface area contributed by atoms with E-state index < -0.39 is 35.2 Å². The second-order valence-corrected chi connectivity index (χ2v) is 7.32. The van der Waals surface area contributed by atoms with Crippen LogP contribution in [-0.2, 0) is 22.2 Å². The topological polar surface area (TPSA) is 94.2 Å². The van der Waals surface area contributed by atoms with Gasteiger partial charge >= 0.3 is 6.18 Å². The minimum absolute atomic E-state index is 0. The Balaban J connectivity index is 0.00000363. The smallest absolute Gasteiger partial charge is 0.368 e. The number of nitrogens with zero attached hydrogens (tertiary/aromatic N) is 1. The summed E-state index contributed by atoms with van der Waals surface area (Å²) in [4.78, 5) is 36.6. The SMILES string of the molecule is C.C[C@@H](C(N)=O)n1ccc2c(NC(=O)Cc3ccc(C(F)(F)F)cc3)c(Cl)ccc2c1=O. The van der Waals surface area contributed by atoms with Gasteiger partial charge in [-0.2, -0.15) is 13.2 Å². The van der Waals surface area contributed by atoms with Crippen molar-refractivity contribution in [3.8, 4) is 0 Å². The van der Waals surface area contributed by atoms with Crippen molar-refractivity contribution >= 4 is 39.9 Å². The number of primary amides is 1. The maximum atomic E-state index is 12.7. The van der Waals surface area contributed by atoms with E-state index in [0.29, 0.717) is 10.9 Å². The molecule has 0 aliphatic carbocycles. The number of pyridine rings is 1. The third-order valence-corrected chi connectivity index (χ3v) is 5.12. The highest BCUT2D eigenvalue weighted by Crippen LogP contribution is 2.31. The Morgan fingerprint density at radius 3 is 2.28 bits per heavy atom. The Hall–Kier alpha value is -3.33. The maximum absolute atomic E-state index is 12.7. The van der Waals surface area contributed by atoms with E-state index in [-0.39, 0.29) is 29.9 Å². The molecule has 2 amide bonds. The van der Waals surface area contributed by atoms with Crippen LogP contribution in [0, 0.1) is 0 Å². The number of anilines is 1. The maximum Gasteiger partial charge on any atom is 0.416 e. The van der Waals surface area contributed by atoms with E-state index in [0.717, 1.165) is 12.1 Å². The molecule has 1 heterocycles. The summed E-state index contributed by atoms with van der Waals surface area (Å²) in [5.74, 6) is -1.20. The summed E-state index contributed by atoms with van der Waals surface area (Å²) in [6.45, 7) is 1.48. The van der Waals surface area contributed by atoms with E-state index in [1.807, 2.05) is 0 Å². The third-order valence-electron chi connectivity index (χ3n) is 4.80. The molecular formula is C22H21ClF3N3O3. The standard InChI is InChI=1S/C21H17ClF3N3O3.CH4/c1-11(19(26)30)28-9-8-14-15(20(28)31)6-7-16(22)18(14)27-17(29)10-12-2-4-13(5-3-12)21(23,24)25;/h2-9,11H,10H2,1H3,(H2,26,30)(H,27,29);1H4/t11-;/m0./s1. The third kappa shape index (κ3) is 5.11. The highest BCUT2D eigenvalue weighted by Gasteiger charge is 2.30. The summed E-state index contributed by atoms with van der Waals surface area (Å²) in [5, 5.41) is 3.35. The number of hydrogen-bond acceptors (Lipinski definition) is 3. The van der Waals surface area contributed by atoms with Gasteiger partial charge in [0.1, 0.15) is 6.04 Å². The van der Waals surface area contributed by atoms with Gasteiger partial charge in [0.25, 0.3) is 5.56 Å². The Kier molecular flexibility index (Phi) is 7.35. The van der Waals surface area contributed by atoms with Crippen LogP contribution in [0.25, 0.3) is 10.8 Å². The number of aromatic nitrogens is 1. The highest BCUT2D eigenvalue weighted by molar-refractivity contribution is 6.35. The number of halogens is 4. The predicted molar refractivity (Wildman–Crippen MR) is 118 cm³/mol. The fraction of sp³-hybridized carbons (Fsp3) is 0.227. The summed E-state index contributed by atoms with van der Waals surface area (Å²) in [6.07, 6.45) is -3.28. The summed E-state index contributed by atoms with van der Waals surface area (Å²) in [6, 6.07) is 7.79. The Morgan fingerprint density at radius 2 is 1.72 bits per heavy atom. The van der Waals surface area contributed by atoms with Crippen LogP contribution in [0.3, 0.4) is 0 Å². The zero-order valence-corrected chi connectivity index (χ0v) is 16.9. The van der Waals surface area contributed by atoms with Gasteiger partial charge in [0.05, 0.1) is 22.7 Å². The fourth-order valence-corrected chi connectivity index (χ4v) is 3.28. The van der Waals surface area contributed by atoms with Gasteiger partial charge in [-0.15, -0.1) is 0 Å². The Bertz CT molecular complexity index is 1220. The van der Waals surface area contributed by atoms with Gasteiger partial charge in [-0.1, -0.05) is 31.2 Å². The van der Waals surface area contributed by atoms with Crippen molar-refractivity contribution in [2.24, 2.45) is 5.73 Å². The van der Waals surface area contributed by atoms with Gasteiger partial charge in [0.2, 0.25) is 11.8 Å². The molecule has 0 fully saturated rings. The quantitative estimate of drug-likeness (QED) is 0.577. The van der Waals surface area contributed by atoms with E-state index in [2.05, 4.69) is 5.32 Å². The second-order valence-electron chi connectivity index (χ2n) is 6.91. The van der Waals surface area contributed by atoms with Crippen molar-refractivity contribution in [3.63, 3.8) is 0 Å². The molecule has 0 radical (unpaired) electrons. The second kappa shape index (κ2) is 9.44. The molecule has 3 rings (SSSR count). The number of nitrogens with one attached hydrogen (secondary N) is 1. The van der Waals surface area contributed by atoms with Gasteiger partial charge in [-0.05, 0) is 42.8 Å². The van der Waals surface area contributed by atoms with Crippen LogP contribution in [0.2, 0.25) is 5.02 Å².